The van der Waals surface area contributed by atoms with Crippen molar-refractivity contribution in [3.8, 4) is 0 Å². The van der Waals surface area contributed by atoms with Crippen LogP contribution in [-0.4, -0.2) is 22.8 Å². The van der Waals surface area contributed by atoms with Crippen LogP contribution < -0.4 is 5.32 Å². The summed E-state index contributed by atoms with van der Waals surface area (Å²) in [6, 6.07) is 5.40. The van der Waals surface area contributed by atoms with Gasteiger partial charge in [-0.2, -0.15) is 0 Å². The molecule has 1 aliphatic heterocycles. The average molecular weight is 385 g/mol. The Morgan fingerprint density at radius 2 is 2.18 bits per heavy atom. The zero-order valence-electron chi connectivity index (χ0n) is 11.9. The van der Waals surface area contributed by atoms with Gasteiger partial charge in [0.1, 0.15) is 6.10 Å². The van der Waals surface area contributed by atoms with E-state index in [1.54, 1.807) is 12.1 Å². The molecule has 1 amide bonds. The van der Waals surface area contributed by atoms with Gasteiger partial charge in [-0.25, -0.2) is 0 Å². The lowest BCUT2D eigenvalue weighted by atomic mass is 9.79. The monoisotopic (exact) mass is 383 g/mol. The molecule has 1 saturated heterocycles. The van der Waals surface area contributed by atoms with Gasteiger partial charge in [0.2, 0.25) is 5.91 Å². The zero-order valence-corrected chi connectivity index (χ0v) is 14.2. The van der Waals surface area contributed by atoms with Gasteiger partial charge in [0, 0.05) is 16.6 Å². The standard InChI is InChI=1S/C16H15BrClNO3/c1-6-2-3-7(18)4-10(6)19-15(20)11-8-5-9-12(11)16(21)22-14(9)13(8)17/h2-4,8-9,11-14H,5H2,1H3,(H,19,20)/t8-,9-,11-,12+,13-,14+/m1/s1. The van der Waals surface area contributed by atoms with Crippen molar-refractivity contribution in [2.45, 2.75) is 24.3 Å². The number of carbonyl (C=O) groups excluding carboxylic acids is 2. The molecule has 1 aromatic carbocycles. The van der Waals surface area contributed by atoms with Crippen LogP contribution in [0.15, 0.2) is 18.2 Å². The topological polar surface area (TPSA) is 55.4 Å². The van der Waals surface area contributed by atoms with Crippen molar-refractivity contribution in [2.75, 3.05) is 5.32 Å². The third-order valence-electron chi connectivity index (χ3n) is 5.28. The van der Waals surface area contributed by atoms with Crippen molar-refractivity contribution >= 4 is 45.1 Å². The van der Waals surface area contributed by atoms with E-state index < -0.39 is 0 Å². The summed E-state index contributed by atoms with van der Waals surface area (Å²) in [6.45, 7) is 1.92. The number of halogens is 2. The molecule has 0 radical (unpaired) electrons. The van der Waals surface area contributed by atoms with Crippen LogP contribution in [0.4, 0.5) is 5.69 Å². The van der Waals surface area contributed by atoms with Crippen LogP contribution in [0.25, 0.3) is 0 Å². The van der Waals surface area contributed by atoms with Crippen LogP contribution in [0.2, 0.25) is 5.02 Å². The molecule has 6 atom stereocenters. The summed E-state index contributed by atoms with van der Waals surface area (Å²) in [7, 11) is 0. The highest BCUT2D eigenvalue weighted by Gasteiger charge is 2.67. The van der Waals surface area contributed by atoms with Crippen molar-refractivity contribution < 1.29 is 14.3 Å². The van der Waals surface area contributed by atoms with Gasteiger partial charge in [-0.1, -0.05) is 33.6 Å². The second-order valence-electron chi connectivity index (χ2n) is 6.41. The second kappa shape index (κ2) is 4.96. The Kier molecular flexibility index (Phi) is 3.28. The SMILES string of the molecule is Cc1ccc(Cl)cc1NC(=O)[C@@H]1[C@H]2C[C@H]3[C@H](OC(=O)[C@@H]31)[C@@H]2Br. The summed E-state index contributed by atoms with van der Waals surface area (Å²) >= 11 is 9.62. The predicted octanol–water partition coefficient (Wildman–Crippen LogP) is 3.16. The molecular weight excluding hydrogens is 370 g/mol. The lowest BCUT2D eigenvalue weighted by Crippen LogP contribution is -2.40. The number of amides is 1. The summed E-state index contributed by atoms with van der Waals surface area (Å²) in [5.74, 6) is -0.599. The lowest BCUT2D eigenvalue weighted by molar-refractivity contribution is -0.145. The van der Waals surface area contributed by atoms with E-state index in [1.165, 1.54) is 0 Å². The number of hydrogen-bond donors (Lipinski definition) is 1. The summed E-state index contributed by atoms with van der Waals surface area (Å²) in [5, 5.41) is 3.53. The minimum atomic E-state index is -0.320. The molecule has 3 aliphatic rings. The quantitative estimate of drug-likeness (QED) is 0.629. The Morgan fingerprint density at radius 3 is 2.95 bits per heavy atom. The molecule has 3 fully saturated rings. The van der Waals surface area contributed by atoms with Gasteiger partial charge in [0.15, 0.2) is 0 Å². The maximum absolute atomic E-state index is 12.8. The molecular formula is C16H15BrClNO3. The van der Waals surface area contributed by atoms with Gasteiger partial charge in [0.25, 0.3) is 0 Å². The van der Waals surface area contributed by atoms with Crippen LogP contribution >= 0.6 is 27.5 Å². The largest absolute Gasteiger partial charge is 0.461 e. The first-order chi connectivity index (χ1) is 10.5. The molecule has 2 aliphatic carbocycles. The maximum Gasteiger partial charge on any atom is 0.310 e. The number of rotatable bonds is 2. The highest BCUT2D eigenvalue weighted by Crippen LogP contribution is 2.60. The fourth-order valence-electron chi connectivity index (χ4n) is 4.28. The lowest BCUT2D eigenvalue weighted by Gasteiger charge is -2.27. The van der Waals surface area contributed by atoms with Crippen LogP contribution in [0, 0.1) is 30.6 Å². The highest BCUT2D eigenvalue weighted by molar-refractivity contribution is 9.09. The number of fused-ring (bicyclic) bond motifs is 1. The van der Waals surface area contributed by atoms with Crippen LogP contribution in [0.3, 0.4) is 0 Å². The van der Waals surface area contributed by atoms with E-state index in [-0.39, 0.29) is 46.5 Å². The first-order valence-corrected chi connectivity index (χ1v) is 8.68. The molecule has 0 unspecified atom stereocenters. The number of ether oxygens (including phenoxy) is 1. The fourth-order valence-corrected chi connectivity index (χ4v) is 5.49. The first-order valence-electron chi connectivity index (χ1n) is 7.39. The fraction of sp³-hybridized carbons (Fsp3) is 0.500. The van der Waals surface area contributed by atoms with Crippen LogP contribution in [0.1, 0.15) is 12.0 Å². The van der Waals surface area contributed by atoms with E-state index in [0.29, 0.717) is 10.7 Å². The molecule has 4 nitrogen and oxygen atoms in total. The van der Waals surface area contributed by atoms with E-state index in [0.717, 1.165) is 12.0 Å². The van der Waals surface area contributed by atoms with Crippen molar-refractivity contribution in [2.24, 2.45) is 23.7 Å². The van der Waals surface area contributed by atoms with Gasteiger partial charge >= 0.3 is 5.97 Å². The number of alkyl halides is 1. The first kappa shape index (κ1) is 14.5. The van der Waals surface area contributed by atoms with E-state index in [4.69, 9.17) is 16.3 Å². The molecule has 4 rings (SSSR count). The van der Waals surface area contributed by atoms with Crippen molar-refractivity contribution in [1.82, 2.24) is 0 Å². The van der Waals surface area contributed by atoms with Gasteiger partial charge in [0.05, 0.1) is 16.7 Å². The van der Waals surface area contributed by atoms with E-state index in [9.17, 15) is 9.59 Å². The molecule has 2 saturated carbocycles. The Bertz CT molecular complexity index is 679. The molecule has 0 spiro atoms. The van der Waals surface area contributed by atoms with E-state index >= 15 is 0 Å². The summed E-state index contributed by atoms with van der Waals surface area (Å²) in [6.07, 6.45) is 0.823. The Labute approximate surface area is 141 Å². The third-order valence-corrected chi connectivity index (χ3v) is 6.72. The van der Waals surface area contributed by atoms with Gasteiger partial charge in [-0.15, -0.1) is 0 Å². The summed E-state index contributed by atoms with van der Waals surface area (Å²) in [4.78, 5) is 24.9. The number of esters is 1. The number of carbonyl (C=O) groups is 2. The molecule has 6 heteroatoms. The smallest absolute Gasteiger partial charge is 0.310 e. The number of aryl methyl sites for hydroxylation is 1. The number of benzene rings is 1. The minimum Gasteiger partial charge on any atom is -0.461 e. The number of hydrogen-bond acceptors (Lipinski definition) is 3. The number of anilines is 1. The molecule has 0 aromatic heterocycles. The normalized spacial score (nSPS) is 38.2. The minimum absolute atomic E-state index is 0.0561. The molecule has 116 valence electrons. The Balaban J connectivity index is 1.61. The maximum atomic E-state index is 12.8. The zero-order chi connectivity index (χ0) is 15.6. The van der Waals surface area contributed by atoms with Crippen LogP contribution in [0.5, 0.6) is 0 Å². The Hall–Kier alpha value is -1.07. The molecule has 22 heavy (non-hydrogen) atoms. The highest BCUT2D eigenvalue weighted by atomic mass is 79.9. The predicted molar refractivity (Wildman–Crippen MR) is 86.0 cm³/mol. The molecule has 1 N–H and O–H groups in total. The molecule has 2 bridgehead atoms. The Morgan fingerprint density at radius 1 is 1.41 bits per heavy atom. The van der Waals surface area contributed by atoms with Crippen molar-refractivity contribution in [1.29, 1.82) is 0 Å². The second-order valence-corrected chi connectivity index (χ2v) is 7.90. The molecule has 1 heterocycles. The summed E-state index contributed by atoms with van der Waals surface area (Å²) < 4.78 is 5.44. The van der Waals surface area contributed by atoms with E-state index in [2.05, 4.69) is 21.2 Å². The average Bonchev–Trinajstić information content (AvgIpc) is 3.07. The number of nitrogens with one attached hydrogen (secondary N) is 1. The van der Waals surface area contributed by atoms with E-state index in [1.807, 2.05) is 13.0 Å². The summed E-state index contributed by atoms with van der Waals surface area (Å²) in [5.41, 5.74) is 1.65. The van der Waals surface area contributed by atoms with Crippen molar-refractivity contribution in [3.63, 3.8) is 0 Å². The van der Waals surface area contributed by atoms with Gasteiger partial charge in [-0.3, -0.25) is 9.59 Å². The molecule has 1 aromatic rings. The van der Waals surface area contributed by atoms with Crippen LogP contribution in [-0.2, 0) is 14.3 Å². The van der Waals surface area contributed by atoms with Crippen molar-refractivity contribution in [3.05, 3.63) is 28.8 Å². The third kappa shape index (κ3) is 1.95. The van der Waals surface area contributed by atoms with Gasteiger partial charge in [-0.05, 0) is 37.0 Å². The van der Waals surface area contributed by atoms with Gasteiger partial charge < -0.3 is 10.1 Å².